The Hall–Kier alpha value is -4.87. The zero-order valence-electron chi connectivity index (χ0n) is 19.7. The normalized spacial score (nSPS) is 11.2. The van der Waals surface area contributed by atoms with Gasteiger partial charge in [-0.15, -0.1) is 0 Å². The summed E-state index contributed by atoms with van der Waals surface area (Å²) < 4.78 is 46.8. The Labute approximate surface area is 212 Å². The van der Waals surface area contributed by atoms with Gasteiger partial charge in [0.25, 0.3) is 0 Å². The molecular weight excluding hydrogens is 506 g/mol. The minimum atomic E-state index is -5.08. The van der Waals surface area contributed by atoms with Crippen LogP contribution in [0, 0.1) is 5.82 Å². The maximum atomic E-state index is 15.0. The maximum absolute atomic E-state index is 15.0. The predicted molar refractivity (Wildman–Crippen MR) is 131 cm³/mol. The molecule has 5 rings (SSSR count). The van der Waals surface area contributed by atoms with Crippen molar-refractivity contribution in [2.24, 2.45) is 0 Å². The molecule has 12 heteroatoms. The van der Waals surface area contributed by atoms with E-state index in [-0.39, 0.29) is 5.91 Å². The number of nitrogens with zero attached hydrogens (tertiary/aromatic N) is 3. The minimum Gasteiger partial charge on any atom is -0.475 e. The van der Waals surface area contributed by atoms with Gasteiger partial charge in [-0.2, -0.15) is 13.2 Å². The van der Waals surface area contributed by atoms with Crippen molar-refractivity contribution in [1.82, 2.24) is 25.3 Å². The number of halogens is 4. The van der Waals surface area contributed by atoms with Gasteiger partial charge in [-0.3, -0.25) is 14.8 Å². The number of nitrogens with one attached hydrogen (secondary N) is 2. The first kappa shape index (κ1) is 26.2. The Morgan fingerprint density at radius 3 is 2.34 bits per heavy atom. The number of aromatic nitrogens is 4. The maximum Gasteiger partial charge on any atom is 0.490 e. The highest BCUT2D eigenvalue weighted by atomic mass is 19.4. The molecule has 1 aromatic carbocycles. The Morgan fingerprint density at radius 2 is 1.74 bits per heavy atom. The van der Waals surface area contributed by atoms with E-state index in [9.17, 15) is 18.0 Å². The molecule has 5 aromatic rings. The molecular formula is C26H19F4N5O3. The number of alkyl halides is 3. The van der Waals surface area contributed by atoms with Crippen molar-refractivity contribution in [3.8, 4) is 22.4 Å². The number of carboxylic acids is 1. The summed E-state index contributed by atoms with van der Waals surface area (Å²) in [6.45, 7) is 1.90. The zero-order valence-corrected chi connectivity index (χ0v) is 19.7. The average Bonchev–Trinajstić information content (AvgIpc) is 3.26. The first-order chi connectivity index (χ1) is 18.0. The number of hydrogen-bond acceptors (Lipinski definition) is 5. The molecule has 4 heterocycles. The summed E-state index contributed by atoms with van der Waals surface area (Å²) >= 11 is 0. The number of rotatable bonds is 4. The lowest BCUT2D eigenvalue weighted by Gasteiger charge is -2.08. The number of benzene rings is 1. The molecule has 8 nitrogen and oxygen atoms in total. The monoisotopic (exact) mass is 525 g/mol. The van der Waals surface area contributed by atoms with Crippen molar-refractivity contribution < 1.29 is 32.3 Å². The Morgan fingerprint density at radius 1 is 1.03 bits per heavy atom. The number of H-pyrrole nitrogens is 1. The Kier molecular flexibility index (Phi) is 7.33. The number of amides is 1. The molecule has 0 unspecified atom stereocenters. The van der Waals surface area contributed by atoms with Crippen LogP contribution in [-0.4, -0.2) is 43.1 Å². The van der Waals surface area contributed by atoms with Crippen LogP contribution in [0.5, 0.6) is 0 Å². The highest BCUT2D eigenvalue weighted by Crippen LogP contribution is 2.36. The summed E-state index contributed by atoms with van der Waals surface area (Å²) in [4.78, 5) is 36.2. The molecule has 1 amide bonds. The number of hydrogen-bond donors (Lipinski definition) is 3. The van der Waals surface area contributed by atoms with Crippen LogP contribution in [0.3, 0.4) is 0 Å². The summed E-state index contributed by atoms with van der Waals surface area (Å²) in [6.07, 6.45) is 1.34. The van der Waals surface area contributed by atoms with Gasteiger partial charge in [0.2, 0.25) is 5.91 Å². The second kappa shape index (κ2) is 10.6. The second-order valence-electron chi connectivity index (χ2n) is 8.10. The number of pyridine rings is 3. The summed E-state index contributed by atoms with van der Waals surface area (Å²) in [5, 5.41) is 11.4. The summed E-state index contributed by atoms with van der Waals surface area (Å²) in [7, 11) is 0. The molecule has 0 aliphatic heterocycles. The van der Waals surface area contributed by atoms with Gasteiger partial charge in [-0.05, 0) is 29.3 Å². The van der Waals surface area contributed by atoms with Crippen LogP contribution >= 0.6 is 0 Å². The van der Waals surface area contributed by atoms with Gasteiger partial charge >= 0.3 is 12.1 Å². The quantitative estimate of drug-likeness (QED) is 0.276. The van der Waals surface area contributed by atoms with Gasteiger partial charge in [0, 0.05) is 47.8 Å². The van der Waals surface area contributed by atoms with Gasteiger partial charge in [0.1, 0.15) is 11.5 Å². The molecule has 38 heavy (non-hydrogen) atoms. The number of carbonyl (C=O) groups excluding carboxylic acids is 1. The topological polar surface area (TPSA) is 121 Å². The van der Waals surface area contributed by atoms with E-state index in [1.54, 1.807) is 18.6 Å². The number of aliphatic carboxylic acids is 1. The Balaban J connectivity index is 0.000000426. The molecule has 0 fully saturated rings. The fourth-order valence-electron chi connectivity index (χ4n) is 3.70. The van der Waals surface area contributed by atoms with E-state index in [0.717, 1.165) is 33.3 Å². The van der Waals surface area contributed by atoms with Crippen molar-refractivity contribution in [1.29, 1.82) is 0 Å². The van der Waals surface area contributed by atoms with Crippen LogP contribution in [0.1, 0.15) is 12.5 Å². The summed E-state index contributed by atoms with van der Waals surface area (Å²) in [6, 6.07) is 13.2. The lowest BCUT2D eigenvalue weighted by molar-refractivity contribution is -0.192. The first-order valence-electron chi connectivity index (χ1n) is 11.0. The van der Waals surface area contributed by atoms with E-state index in [4.69, 9.17) is 9.90 Å². The molecule has 0 saturated carbocycles. The summed E-state index contributed by atoms with van der Waals surface area (Å²) in [5.41, 5.74) is 5.16. The van der Waals surface area contributed by atoms with Crippen LogP contribution < -0.4 is 5.32 Å². The first-order valence-corrected chi connectivity index (χ1v) is 11.0. The number of carbonyl (C=O) groups is 2. The van der Waals surface area contributed by atoms with Crippen LogP contribution in [0.25, 0.3) is 44.3 Å². The number of carboxylic acid groups (broad SMARTS) is 1. The third kappa shape index (κ3) is 5.75. The molecule has 194 valence electrons. The van der Waals surface area contributed by atoms with E-state index in [1.807, 2.05) is 42.5 Å². The molecule has 0 radical (unpaired) electrons. The van der Waals surface area contributed by atoms with Crippen LogP contribution in [0.15, 0.2) is 67.3 Å². The highest BCUT2D eigenvalue weighted by molar-refractivity contribution is 6.13. The minimum absolute atomic E-state index is 0.0946. The number of aromatic amines is 1. The fraction of sp³-hybridized carbons (Fsp3) is 0.115. The van der Waals surface area contributed by atoms with Crippen molar-refractivity contribution in [3.05, 3.63) is 78.6 Å². The van der Waals surface area contributed by atoms with Crippen LogP contribution in [-0.2, 0) is 16.1 Å². The van der Waals surface area contributed by atoms with E-state index in [1.165, 1.54) is 13.1 Å². The smallest absolute Gasteiger partial charge is 0.475 e. The molecule has 0 spiro atoms. The second-order valence-corrected chi connectivity index (χ2v) is 8.10. The van der Waals surface area contributed by atoms with Crippen molar-refractivity contribution >= 4 is 33.8 Å². The molecule has 0 bridgehead atoms. The summed E-state index contributed by atoms with van der Waals surface area (Å²) in [5.74, 6) is -3.25. The van der Waals surface area contributed by atoms with Crippen molar-refractivity contribution in [2.45, 2.75) is 19.6 Å². The SMILES string of the molecule is CC(=O)NCc1ccc(-c2c(F)cnc3[nH]c4cnc(-c5cccnc5)cc4c23)cc1.O=C(O)C(F)(F)F. The lowest BCUT2D eigenvalue weighted by atomic mass is 9.99. The molecule has 3 N–H and O–H groups in total. The van der Waals surface area contributed by atoms with Gasteiger partial charge in [0.15, 0.2) is 0 Å². The predicted octanol–water partition coefficient (Wildman–Crippen LogP) is 5.25. The van der Waals surface area contributed by atoms with Crippen LogP contribution in [0.2, 0.25) is 0 Å². The van der Waals surface area contributed by atoms with E-state index in [2.05, 4.69) is 25.3 Å². The van der Waals surface area contributed by atoms with Gasteiger partial charge in [0.05, 0.1) is 23.6 Å². The van der Waals surface area contributed by atoms with Gasteiger partial charge < -0.3 is 15.4 Å². The van der Waals surface area contributed by atoms with E-state index in [0.29, 0.717) is 23.1 Å². The number of fused-ring (bicyclic) bond motifs is 3. The third-order valence-corrected chi connectivity index (χ3v) is 5.44. The molecule has 0 atom stereocenters. The zero-order chi connectivity index (χ0) is 27.4. The van der Waals surface area contributed by atoms with Gasteiger partial charge in [-0.1, -0.05) is 24.3 Å². The average molecular weight is 525 g/mol. The highest BCUT2D eigenvalue weighted by Gasteiger charge is 2.38. The molecule has 0 saturated heterocycles. The Bertz CT molecular complexity index is 1620. The standard InChI is InChI=1S/C24H18FN5O.C2HF3O2/c1-14(31)27-10-15-4-6-16(7-5-15)22-19(25)12-29-24-23(22)18-9-20(28-13-21(18)30-24)17-3-2-8-26-11-17;3-2(4,5)1(6)7/h2-9,11-13H,10H2,1H3,(H,27,31)(H,29,30);(H,6,7). The largest absolute Gasteiger partial charge is 0.490 e. The fourth-order valence-corrected chi connectivity index (χ4v) is 3.70. The third-order valence-electron chi connectivity index (χ3n) is 5.44. The molecule has 0 aliphatic carbocycles. The van der Waals surface area contributed by atoms with Crippen LogP contribution in [0.4, 0.5) is 17.6 Å². The van der Waals surface area contributed by atoms with Crippen molar-refractivity contribution in [2.75, 3.05) is 0 Å². The molecule has 0 aliphatic rings. The van der Waals surface area contributed by atoms with E-state index >= 15 is 4.39 Å². The van der Waals surface area contributed by atoms with Crippen molar-refractivity contribution in [3.63, 3.8) is 0 Å². The van der Waals surface area contributed by atoms with Gasteiger partial charge in [-0.25, -0.2) is 14.2 Å². The lowest BCUT2D eigenvalue weighted by Crippen LogP contribution is -2.21. The van der Waals surface area contributed by atoms with E-state index < -0.39 is 18.0 Å². The molecule has 4 aromatic heterocycles.